The summed E-state index contributed by atoms with van der Waals surface area (Å²) < 4.78 is 18.7. The fraction of sp³-hybridized carbons (Fsp3) is 0.300. The van der Waals surface area contributed by atoms with E-state index in [4.69, 9.17) is 4.74 Å². The topological polar surface area (TPSA) is 66.0 Å². The second-order valence-electron chi connectivity index (χ2n) is 6.15. The van der Waals surface area contributed by atoms with Gasteiger partial charge >= 0.3 is 0 Å². The van der Waals surface area contributed by atoms with Crippen molar-refractivity contribution in [2.24, 2.45) is 4.99 Å². The van der Waals surface area contributed by atoms with E-state index < -0.39 is 0 Å². The van der Waals surface area contributed by atoms with Crippen LogP contribution in [0, 0.1) is 5.82 Å². The minimum Gasteiger partial charge on any atom is -0.497 e. The van der Waals surface area contributed by atoms with E-state index in [1.807, 2.05) is 30.3 Å². The number of likely N-dealkylation sites (N-methyl/N-ethyl adjacent to an activating group) is 1. The zero-order chi connectivity index (χ0) is 19.6. The molecular weight excluding hydrogens is 347 g/mol. The van der Waals surface area contributed by atoms with Crippen molar-refractivity contribution in [3.63, 3.8) is 0 Å². The quantitative estimate of drug-likeness (QED) is 0.577. The van der Waals surface area contributed by atoms with E-state index in [0.29, 0.717) is 23.8 Å². The minimum absolute atomic E-state index is 0.0726. The number of carbonyl (C=O) groups is 1. The Hall–Kier alpha value is -3.09. The zero-order valence-corrected chi connectivity index (χ0v) is 15.8. The number of methoxy groups -OCH3 is 1. The van der Waals surface area contributed by atoms with Crippen molar-refractivity contribution in [1.82, 2.24) is 15.5 Å². The van der Waals surface area contributed by atoms with Crippen LogP contribution in [0.5, 0.6) is 5.75 Å². The lowest BCUT2D eigenvalue weighted by molar-refractivity contribution is -0.127. The average molecular weight is 372 g/mol. The van der Waals surface area contributed by atoms with Crippen LogP contribution in [0.4, 0.5) is 4.39 Å². The van der Waals surface area contributed by atoms with Crippen LogP contribution in [-0.2, 0) is 17.9 Å². The number of hydrogen-bond acceptors (Lipinski definition) is 3. The number of halogens is 1. The maximum absolute atomic E-state index is 13.6. The molecule has 0 aliphatic carbocycles. The molecule has 2 rings (SSSR count). The summed E-state index contributed by atoms with van der Waals surface area (Å²) in [6.07, 6.45) is 0. The summed E-state index contributed by atoms with van der Waals surface area (Å²) in [6, 6.07) is 14.3. The van der Waals surface area contributed by atoms with Crippen LogP contribution in [0.15, 0.2) is 53.5 Å². The van der Waals surface area contributed by atoms with Gasteiger partial charge in [-0.15, -0.1) is 0 Å². The lowest BCUT2D eigenvalue weighted by Crippen LogP contribution is -2.42. The molecule has 2 N–H and O–H groups in total. The lowest BCUT2D eigenvalue weighted by Gasteiger charge is -2.15. The highest BCUT2D eigenvalue weighted by atomic mass is 19.1. The number of amides is 1. The molecule has 27 heavy (non-hydrogen) atoms. The molecule has 0 bridgehead atoms. The SMILES string of the molecule is COc1cc(F)cc(CN=C(NCC(=O)N(C)C)NCc2ccccc2)c1. The normalized spacial score (nSPS) is 11.0. The molecule has 0 aliphatic heterocycles. The molecule has 0 heterocycles. The van der Waals surface area contributed by atoms with Crippen molar-refractivity contribution in [2.45, 2.75) is 13.1 Å². The Labute approximate surface area is 159 Å². The van der Waals surface area contributed by atoms with E-state index >= 15 is 0 Å². The molecule has 0 aromatic heterocycles. The van der Waals surface area contributed by atoms with E-state index in [9.17, 15) is 9.18 Å². The fourth-order valence-corrected chi connectivity index (χ4v) is 2.27. The maximum Gasteiger partial charge on any atom is 0.241 e. The fourth-order valence-electron chi connectivity index (χ4n) is 2.27. The number of rotatable bonds is 7. The highest BCUT2D eigenvalue weighted by Gasteiger charge is 2.07. The lowest BCUT2D eigenvalue weighted by atomic mass is 10.2. The zero-order valence-electron chi connectivity index (χ0n) is 15.8. The van der Waals surface area contributed by atoms with Crippen molar-refractivity contribution in [3.05, 3.63) is 65.5 Å². The highest BCUT2D eigenvalue weighted by Crippen LogP contribution is 2.16. The summed E-state index contributed by atoms with van der Waals surface area (Å²) in [7, 11) is 4.87. The van der Waals surface area contributed by atoms with Crippen LogP contribution in [-0.4, -0.2) is 44.5 Å². The predicted molar refractivity (Wildman–Crippen MR) is 104 cm³/mol. The van der Waals surface area contributed by atoms with Crippen molar-refractivity contribution < 1.29 is 13.9 Å². The number of guanidine groups is 1. The van der Waals surface area contributed by atoms with Crippen LogP contribution in [0.25, 0.3) is 0 Å². The molecule has 6 nitrogen and oxygen atoms in total. The van der Waals surface area contributed by atoms with Gasteiger partial charge in [0.05, 0.1) is 20.2 Å². The third-order valence-corrected chi connectivity index (χ3v) is 3.80. The Bertz CT molecular complexity index is 779. The summed E-state index contributed by atoms with van der Waals surface area (Å²) in [5.74, 6) is 0.456. The number of benzene rings is 2. The van der Waals surface area contributed by atoms with Crippen molar-refractivity contribution in [1.29, 1.82) is 0 Å². The Morgan fingerprint density at radius 2 is 1.85 bits per heavy atom. The van der Waals surface area contributed by atoms with Gasteiger partial charge in [-0.05, 0) is 23.3 Å². The summed E-state index contributed by atoms with van der Waals surface area (Å²) in [5, 5.41) is 6.19. The van der Waals surface area contributed by atoms with Gasteiger partial charge < -0.3 is 20.3 Å². The van der Waals surface area contributed by atoms with Crippen LogP contribution in [0.3, 0.4) is 0 Å². The second-order valence-corrected chi connectivity index (χ2v) is 6.15. The Kier molecular flexibility index (Phi) is 7.61. The molecule has 0 unspecified atom stereocenters. The first-order chi connectivity index (χ1) is 13.0. The minimum atomic E-state index is -0.380. The molecule has 7 heteroatoms. The summed E-state index contributed by atoms with van der Waals surface area (Å²) in [4.78, 5) is 17.8. The van der Waals surface area contributed by atoms with Crippen molar-refractivity contribution in [2.75, 3.05) is 27.7 Å². The first-order valence-corrected chi connectivity index (χ1v) is 8.57. The van der Waals surface area contributed by atoms with Gasteiger partial charge in [0.1, 0.15) is 11.6 Å². The average Bonchev–Trinajstić information content (AvgIpc) is 2.67. The molecule has 0 spiro atoms. The predicted octanol–water partition coefficient (Wildman–Crippen LogP) is 2.16. The molecule has 2 aromatic rings. The monoisotopic (exact) mass is 372 g/mol. The van der Waals surface area contributed by atoms with Gasteiger partial charge in [0.25, 0.3) is 0 Å². The number of nitrogens with zero attached hydrogens (tertiary/aromatic N) is 2. The standard InChI is InChI=1S/C20H25FN4O2/c1-25(2)19(26)14-24-20(22-12-15-7-5-4-6-8-15)23-13-16-9-17(21)11-18(10-16)27-3/h4-11H,12-14H2,1-3H3,(H2,22,23,24). The summed E-state index contributed by atoms with van der Waals surface area (Å²) in [6.45, 7) is 0.907. The van der Waals surface area contributed by atoms with Gasteiger partial charge in [-0.3, -0.25) is 4.79 Å². The molecule has 0 fully saturated rings. The van der Waals surface area contributed by atoms with E-state index in [-0.39, 0.29) is 24.8 Å². The molecule has 144 valence electrons. The molecular formula is C20H25FN4O2. The van der Waals surface area contributed by atoms with Crippen LogP contribution in [0.2, 0.25) is 0 Å². The van der Waals surface area contributed by atoms with Gasteiger partial charge in [-0.25, -0.2) is 9.38 Å². The maximum atomic E-state index is 13.6. The third-order valence-electron chi connectivity index (χ3n) is 3.80. The van der Waals surface area contributed by atoms with Gasteiger partial charge in [0, 0.05) is 26.7 Å². The number of hydrogen-bond donors (Lipinski definition) is 2. The van der Waals surface area contributed by atoms with Crippen LogP contribution >= 0.6 is 0 Å². The van der Waals surface area contributed by atoms with E-state index in [0.717, 1.165) is 5.56 Å². The van der Waals surface area contributed by atoms with Crippen molar-refractivity contribution >= 4 is 11.9 Å². The Balaban J connectivity index is 2.08. The van der Waals surface area contributed by atoms with Gasteiger partial charge in [-0.1, -0.05) is 30.3 Å². The number of nitrogens with one attached hydrogen (secondary N) is 2. The molecule has 0 saturated carbocycles. The molecule has 0 aliphatic rings. The number of carbonyl (C=O) groups excluding carboxylic acids is 1. The van der Waals surface area contributed by atoms with Gasteiger partial charge in [-0.2, -0.15) is 0 Å². The van der Waals surface area contributed by atoms with Gasteiger partial charge in [0.2, 0.25) is 5.91 Å². The highest BCUT2D eigenvalue weighted by molar-refractivity contribution is 5.86. The largest absolute Gasteiger partial charge is 0.497 e. The molecule has 0 atom stereocenters. The first kappa shape index (κ1) is 20.2. The van der Waals surface area contributed by atoms with Crippen LogP contribution in [0.1, 0.15) is 11.1 Å². The first-order valence-electron chi connectivity index (χ1n) is 8.57. The van der Waals surface area contributed by atoms with Gasteiger partial charge in [0.15, 0.2) is 5.96 Å². The van der Waals surface area contributed by atoms with E-state index in [1.54, 1.807) is 20.2 Å². The summed E-state index contributed by atoms with van der Waals surface area (Å²) >= 11 is 0. The second kappa shape index (κ2) is 10.2. The van der Waals surface area contributed by atoms with E-state index in [2.05, 4.69) is 15.6 Å². The van der Waals surface area contributed by atoms with Crippen LogP contribution < -0.4 is 15.4 Å². The smallest absolute Gasteiger partial charge is 0.241 e. The molecule has 0 radical (unpaired) electrons. The number of aliphatic imine (C=N–C) groups is 1. The molecule has 2 aromatic carbocycles. The number of ether oxygens (including phenoxy) is 1. The summed E-state index contributed by atoms with van der Waals surface area (Å²) in [5.41, 5.74) is 1.75. The molecule has 1 amide bonds. The Morgan fingerprint density at radius 3 is 2.52 bits per heavy atom. The van der Waals surface area contributed by atoms with Crippen molar-refractivity contribution in [3.8, 4) is 5.75 Å². The Morgan fingerprint density at radius 1 is 1.11 bits per heavy atom. The molecule has 0 saturated heterocycles. The third kappa shape index (κ3) is 6.97. The van der Waals surface area contributed by atoms with E-state index in [1.165, 1.54) is 24.1 Å².